The Morgan fingerprint density at radius 3 is 2.63 bits per heavy atom. The van der Waals surface area contributed by atoms with E-state index in [9.17, 15) is 0 Å². The van der Waals surface area contributed by atoms with E-state index in [0.29, 0.717) is 11.8 Å². The minimum atomic E-state index is 0.552. The Morgan fingerprint density at radius 2 is 2.00 bits per heavy atom. The zero-order chi connectivity index (χ0) is 13.4. The number of nitrogens with zero attached hydrogens (tertiary/aromatic N) is 1. The fourth-order valence-corrected chi connectivity index (χ4v) is 4.21. The van der Waals surface area contributed by atoms with Crippen LogP contribution in [0.4, 0.5) is 5.69 Å². The number of allylic oxidation sites excluding steroid dienone is 2. The molecule has 0 aliphatic heterocycles. The molecule has 2 heteroatoms. The molecule has 1 N–H and O–H groups in total. The van der Waals surface area contributed by atoms with Crippen LogP contribution in [0.1, 0.15) is 26.2 Å². The number of hydrogen-bond donors (Lipinski definition) is 1. The van der Waals surface area contributed by atoms with Gasteiger partial charge >= 0.3 is 0 Å². The lowest BCUT2D eigenvalue weighted by atomic mass is 9.74. The van der Waals surface area contributed by atoms with Crippen LogP contribution in [0.15, 0.2) is 49.0 Å². The Hall–Kier alpha value is -1.57. The van der Waals surface area contributed by atoms with E-state index < -0.39 is 0 Å². The Labute approximate surface area is 115 Å². The lowest BCUT2D eigenvalue weighted by Crippen LogP contribution is -2.27. The maximum atomic E-state index is 4.30. The molecule has 1 heterocycles. The third kappa shape index (κ3) is 2.20. The van der Waals surface area contributed by atoms with Gasteiger partial charge in [0.1, 0.15) is 0 Å². The summed E-state index contributed by atoms with van der Waals surface area (Å²) in [5.41, 5.74) is 3.51. The van der Waals surface area contributed by atoms with Crippen LogP contribution in [0.3, 0.4) is 0 Å². The van der Waals surface area contributed by atoms with E-state index in [2.05, 4.69) is 30.4 Å². The minimum Gasteiger partial charge on any atom is -0.358 e. The van der Waals surface area contributed by atoms with Gasteiger partial charge in [-0.25, -0.2) is 0 Å². The van der Waals surface area contributed by atoms with Crippen molar-refractivity contribution in [1.29, 1.82) is 0 Å². The van der Waals surface area contributed by atoms with E-state index in [4.69, 9.17) is 0 Å². The summed E-state index contributed by atoms with van der Waals surface area (Å²) in [5, 5.41) is 3.46. The maximum Gasteiger partial charge on any atom is 0.0568 e. The van der Waals surface area contributed by atoms with Crippen molar-refractivity contribution >= 4 is 5.69 Å². The molecular weight excluding hydrogens is 232 g/mol. The molecule has 100 valence electrons. The predicted octanol–water partition coefficient (Wildman–Crippen LogP) is 4.25. The molecule has 0 spiro atoms. The molecule has 3 rings (SSSR count). The zero-order valence-electron chi connectivity index (χ0n) is 11.6. The van der Waals surface area contributed by atoms with Crippen molar-refractivity contribution in [2.45, 2.75) is 26.2 Å². The molecule has 1 aromatic rings. The van der Waals surface area contributed by atoms with Gasteiger partial charge < -0.3 is 5.32 Å². The van der Waals surface area contributed by atoms with E-state index in [0.717, 1.165) is 23.2 Å². The normalized spacial score (nSPS) is 32.3. The molecule has 2 aliphatic carbocycles. The average Bonchev–Trinajstić information content (AvgIpc) is 2.99. The second kappa shape index (κ2) is 4.84. The standard InChI is InChI=1S/C17H22N2/c1-11(2)16-13-6-7-14(9-13)17(16)12(3)19-15-5-4-8-18-10-15/h4-5,8,10,13-14,16-17,19H,1,3,6-7,9H2,2H3. The van der Waals surface area contributed by atoms with Crippen molar-refractivity contribution in [3.05, 3.63) is 49.0 Å². The molecule has 0 saturated heterocycles. The van der Waals surface area contributed by atoms with Crippen molar-refractivity contribution in [3.8, 4) is 0 Å². The highest BCUT2D eigenvalue weighted by atomic mass is 14.9. The van der Waals surface area contributed by atoms with Crippen LogP contribution in [0.2, 0.25) is 0 Å². The van der Waals surface area contributed by atoms with Crippen molar-refractivity contribution in [1.82, 2.24) is 4.98 Å². The third-order valence-electron chi connectivity index (χ3n) is 4.85. The number of rotatable bonds is 4. The summed E-state index contributed by atoms with van der Waals surface area (Å²) in [6, 6.07) is 3.99. The van der Waals surface area contributed by atoms with E-state index in [1.165, 1.54) is 24.8 Å². The quantitative estimate of drug-likeness (QED) is 0.813. The van der Waals surface area contributed by atoms with Crippen molar-refractivity contribution < 1.29 is 0 Å². The minimum absolute atomic E-state index is 0.552. The van der Waals surface area contributed by atoms with Crippen molar-refractivity contribution in [3.63, 3.8) is 0 Å². The van der Waals surface area contributed by atoms with Crippen LogP contribution in [0, 0.1) is 23.7 Å². The van der Waals surface area contributed by atoms with Gasteiger partial charge in [0.15, 0.2) is 0 Å². The van der Waals surface area contributed by atoms with Gasteiger partial charge in [-0.3, -0.25) is 4.98 Å². The van der Waals surface area contributed by atoms with Crippen molar-refractivity contribution in [2.24, 2.45) is 23.7 Å². The summed E-state index contributed by atoms with van der Waals surface area (Å²) < 4.78 is 0. The summed E-state index contributed by atoms with van der Waals surface area (Å²) in [6.45, 7) is 10.7. The molecule has 2 bridgehead atoms. The largest absolute Gasteiger partial charge is 0.358 e. The molecule has 2 saturated carbocycles. The lowest BCUT2D eigenvalue weighted by Gasteiger charge is -2.33. The van der Waals surface area contributed by atoms with E-state index >= 15 is 0 Å². The molecule has 0 radical (unpaired) electrons. The van der Waals surface area contributed by atoms with Crippen LogP contribution in [-0.4, -0.2) is 4.98 Å². The zero-order valence-corrected chi connectivity index (χ0v) is 11.6. The highest BCUT2D eigenvalue weighted by Crippen LogP contribution is 2.56. The first-order valence-corrected chi connectivity index (χ1v) is 7.18. The second-order valence-corrected chi connectivity index (χ2v) is 6.12. The van der Waals surface area contributed by atoms with Crippen LogP contribution in [0.25, 0.3) is 0 Å². The third-order valence-corrected chi connectivity index (χ3v) is 4.85. The molecule has 1 aromatic heterocycles. The summed E-state index contributed by atoms with van der Waals surface area (Å²) in [7, 11) is 0. The summed E-state index contributed by atoms with van der Waals surface area (Å²) in [6.07, 6.45) is 7.73. The number of nitrogens with one attached hydrogen (secondary N) is 1. The molecule has 2 aliphatic rings. The smallest absolute Gasteiger partial charge is 0.0568 e. The van der Waals surface area contributed by atoms with E-state index in [-0.39, 0.29) is 0 Å². The van der Waals surface area contributed by atoms with Crippen LogP contribution < -0.4 is 5.32 Å². The topological polar surface area (TPSA) is 24.9 Å². The predicted molar refractivity (Wildman–Crippen MR) is 79.6 cm³/mol. The van der Waals surface area contributed by atoms with Crippen LogP contribution >= 0.6 is 0 Å². The monoisotopic (exact) mass is 254 g/mol. The van der Waals surface area contributed by atoms with Crippen LogP contribution in [0.5, 0.6) is 0 Å². The molecule has 0 aromatic carbocycles. The fourth-order valence-electron chi connectivity index (χ4n) is 4.21. The Bertz CT molecular complexity index is 491. The Morgan fingerprint density at radius 1 is 1.26 bits per heavy atom. The molecular formula is C17H22N2. The van der Waals surface area contributed by atoms with Gasteiger partial charge in [0, 0.05) is 17.8 Å². The van der Waals surface area contributed by atoms with Gasteiger partial charge in [-0.05, 0) is 56.1 Å². The van der Waals surface area contributed by atoms with Gasteiger partial charge in [0.25, 0.3) is 0 Å². The van der Waals surface area contributed by atoms with E-state index in [1.807, 2.05) is 18.3 Å². The number of anilines is 1. The maximum absolute atomic E-state index is 4.30. The summed E-state index contributed by atoms with van der Waals surface area (Å²) in [4.78, 5) is 4.15. The highest BCUT2D eigenvalue weighted by molar-refractivity contribution is 5.46. The highest BCUT2D eigenvalue weighted by Gasteiger charge is 2.48. The van der Waals surface area contributed by atoms with Gasteiger partial charge in [0.05, 0.1) is 11.9 Å². The van der Waals surface area contributed by atoms with Gasteiger partial charge in [-0.1, -0.05) is 18.7 Å². The van der Waals surface area contributed by atoms with Gasteiger partial charge in [0.2, 0.25) is 0 Å². The SMILES string of the molecule is C=C(C)C1C2CCC(C2)C1C(=C)Nc1cccnc1. The van der Waals surface area contributed by atoms with Gasteiger partial charge in [-0.15, -0.1) is 0 Å². The molecule has 2 fully saturated rings. The van der Waals surface area contributed by atoms with Crippen molar-refractivity contribution in [2.75, 3.05) is 5.32 Å². The Kier molecular flexibility index (Phi) is 3.17. The van der Waals surface area contributed by atoms with Crippen LogP contribution in [-0.2, 0) is 0 Å². The first-order chi connectivity index (χ1) is 9.16. The molecule has 4 unspecified atom stereocenters. The lowest BCUT2D eigenvalue weighted by molar-refractivity contribution is 0.294. The first kappa shape index (κ1) is 12.5. The summed E-state index contributed by atoms with van der Waals surface area (Å²) >= 11 is 0. The first-order valence-electron chi connectivity index (χ1n) is 7.18. The molecule has 19 heavy (non-hydrogen) atoms. The second-order valence-electron chi connectivity index (χ2n) is 6.12. The van der Waals surface area contributed by atoms with Gasteiger partial charge in [-0.2, -0.15) is 0 Å². The fraction of sp³-hybridized carbons (Fsp3) is 0.471. The number of hydrogen-bond acceptors (Lipinski definition) is 2. The number of pyridine rings is 1. The molecule has 0 amide bonds. The number of fused-ring (bicyclic) bond motifs is 2. The average molecular weight is 254 g/mol. The van der Waals surface area contributed by atoms with E-state index in [1.54, 1.807) is 6.20 Å². The Balaban J connectivity index is 1.77. The molecule has 2 nitrogen and oxygen atoms in total. The number of aromatic nitrogens is 1. The summed E-state index contributed by atoms with van der Waals surface area (Å²) in [5.74, 6) is 2.80. The molecule has 4 atom stereocenters.